The van der Waals surface area contributed by atoms with E-state index >= 15 is 0 Å². The van der Waals surface area contributed by atoms with Crippen molar-refractivity contribution in [3.05, 3.63) is 11.9 Å². The molecule has 0 unspecified atom stereocenters. The molecule has 2 heterocycles. The molecule has 2 rings (SSSR count). The summed E-state index contributed by atoms with van der Waals surface area (Å²) in [5, 5.41) is 15.2. The highest BCUT2D eigenvalue weighted by Gasteiger charge is 2.11. The lowest BCUT2D eigenvalue weighted by Crippen LogP contribution is -1.95. The van der Waals surface area contributed by atoms with E-state index in [0.717, 1.165) is 5.69 Å². The predicted octanol–water partition coefficient (Wildman–Crippen LogP) is 1.14. The molecule has 62 valence electrons. The van der Waals surface area contributed by atoms with Crippen LogP contribution in [0, 0.1) is 0 Å². The molecule has 0 saturated carbocycles. The summed E-state index contributed by atoms with van der Waals surface area (Å²) in [6.07, 6.45) is 1.54. The second-order valence-electron chi connectivity index (χ2n) is 2.88. The Morgan fingerprint density at radius 3 is 2.92 bits per heavy atom. The van der Waals surface area contributed by atoms with Gasteiger partial charge in [-0.2, -0.15) is 10.2 Å². The second-order valence-corrected chi connectivity index (χ2v) is 2.88. The zero-order valence-corrected chi connectivity index (χ0v) is 6.85. The maximum atomic E-state index is 4.58. The van der Waals surface area contributed by atoms with Crippen molar-refractivity contribution in [1.29, 1.82) is 0 Å². The quantitative estimate of drug-likeness (QED) is 0.632. The molecule has 2 aromatic heterocycles. The Balaban J connectivity index is 2.73. The van der Waals surface area contributed by atoms with E-state index in [1.807, 2.05) is 13.8 Å². The molecule has 0 atom stereocenters. The molecule has 0 saturated heterocycles. The van der Waals surface area contributed by atoms with Gasteiger partial charge in [0.25, 0.3) is 0 Å². The van der Waals surface area contributed by atoms with Crippen molar-refractivity contribution in [2.24, 2.45) is 0 Å². The first-order valence-corrected chi connectivity index (χ1v) is 3.73. The topological polar surface area (TPSA) is 64.7 Å². The number of fused-ring (bicyclic) bond motifs is 1. The summed E-state index contributed by atoms with van der Waals surface area (Å²) < 4.78 is 4.58. The first-order valence-electron chi connectivity index (χ1n) is 3.73. The van der Waals surface area contributed by atoms with Crippen molar-refractivity contribution in [3.63, 3.8) is 0 Å². The Hall–Kier alpha value is -1.52. The number of aromatic nitrogens is 4. The van der Waals surface area contributed by atoms with Gasteiger partial charge in [0, 0.05) is 0 Å². The van der Waals surface area contributed by atoms with E-state index < -0.39 is 0 Å². The van der Waals surface area contributed by atoms with Crippen molar-refractivity contribution < 1.29 is 4.63 Å². The first-order chi connectivity index (χ1) is 5.79. The van der Waals surface area contributed by atoms with Crippen LogP contribution in [0.2, 0.25) is 0 Å². The fourth-order valence-electron chi connectivity index (χ4n) is 1.04. The van der Waals surface area contributed by atoms with E-state index in [-0.39, 0.29) is 5.92 Å². The van der Waals surface area contributed by atoms with Gasteiger partial charge in [0.15, 0.2) is 11.0 Å². The zero-order chi connectivity index (χ0) is 8.55. The fourth-order valence-corrected chi connectivity index (χ4v) is 1.04. The SMILES string of the molecule is CC(C)c1nncc2nonc12. The summed E-state index contributed by atoms with van der Waals surface area (Å²) in [7, 11) is 0. The van der Waals surface area contributed by atoms with Crippen LogP contribution in [0.3, 0.4) is 0 Å². The van der Waals surface area contributed by atoms with E-state index in [9.17, 15) is 0 Å². The predicted molar refractivity (Wildman–Crippen MR) is 41.5 cm³/mol. The minimum absolute atomic E-state index is 0.285. The Labute approximate surface area is 68.8 Å². The molecule has 0 N–H and O–H groups in total. The van der Waals surface area contributed by atoms with Gasteiger partial charge in [0.05, 0.1) is 11.9 Å². The van der Waals surface area contributed by atoms with Gasteiger partial charge in [-0.05, 0) is 16.2 Å². The number of hydrogen-bond donors (Lipinski definition) is 0. The van der Waals surface area contributed by atoms with Gasteiger partial charge in [-0.1, -0.05) is 13.8 Å². The maximum absolute atomic E-state index is 4.58. The molecule has 0 spiro atoms. The van der Waals surface area contributed by atoms with E-state index in [1.165, 1.54) is 6.20 Å². The fraction of sp³-hybridized carbons (Fsp3) is 0.429. The van der Waals surface area contributed by atoms with Crippen molar-refractivity contribution in [2.75, 3.05) is 0 Å². The largest absolute Gasteiger partial charge is 0.243 e. The second kappa shape index (κ2) is 2.51. The molecular formula is C7H8N4O. The highest BCUT2D eigenvalue weighted by molar-refractivity contribution is 5.74. The average Bonchev–Trinajstić information content (AvgIpc) is 2.49. The van der Waals surface area contributed by atoms with Gasteiger partial charge >= 0.3 is 0 Å². The van der Waals surface area contributed by atoms with E-state index in [2.05, 4.69) is 25.1 Å². The molecule has 0 aliphatic heterocycles. The number of nitrogens with zero attached hydrogens (tertiary/aromatic N) is 4. The maximum Gasteiger partial charge on any atom is 0.160 e. The van der Waals surface area contributed by atoms with Gasteiger partial charge in [-0.25, -0.2) is 4.63 Å². The molecule has 0 fully saturated rings. The minimum Gasteiger partial charge on any atom is -0.243 e. The van der Waals surface area contributed by atoms with Gasteiger partial charge < -0.3 is 0 Å². The molecule has 0 aliphatic carbocycles. The van der Waals surface area contributed by atoms with Crippen molar-refractivity contribution in [1.82, 2.24) is 20.5 Å². The molecular weight excluding hydrogens is 156 g/mol. The third-order valence-corrected chi connectivity index (χ3v) is 1.65. The van der Waals surface area contributed by atoms with E-state index in [1.54, 1.807) is 0 Å². The summed E-state index contributed by atoms with van der Waals surface area (Å²) >= 11 is 0. The van der Waals surface area contributed by atoms with Crippen LogP contribution >= 0.6 is 0 Å². The molecule has 0 amide bonds. The highest BCUT2D eigenvalue weighted by atomic mass is 16.6. The lowest BCUT2D eigenvalue weighted by Gasteiger charge is -2.00. The van der Waals surface area contributed by atoms with Crippen LogP contribution in [-0.2, 0) is 0 Å². The highest BCUT2D eigenvalue weighted by Crippen LogP contribution is 2.18. The molecule has 12 heavy (non-hydrogen) atoms. The van der Waals surface area contributed by atoms with Gasteiger partial charge in [0.2, 0.25) is 0 Å². The van der Waals surface area contributed by atoms with Crippen LogP contribution in [-0.4, -0.2) is 20.5 Å². The monoisotopic (exact) mass is 164 g/mol. The van der Waals surface area contributed by atoms with Crippen molar-refractivity contribution in [2.45, 2.75) is 19.8 Å². The van der Waals surface area contributed by atoms with Gasteiger partial charge in [-0.3, -0.25) is 0 Å². The van der Waals surface area contributed by atoms with E-state index in [0.29, 0.717) is 11.0 Å². The third-order valence-electron chi connectivity index (χ3n) is 1.65. The van der Waals surface area contributed by atoms with Crippen LogP contribution < -0.4 is 0 Å². The standard InChI is InChI=1S/C7H8N4O/c1-4(2)6-7-5(3-8-9-6)10-12-11-7/h3-4H,1-2H3. The molecule has 2 aromatic rings. The molecule has 0 radical (unpaired) electrons. The summed E-state index contributed by atoms with van der Waals surface area (Å²) in [6, 6.07) is 0. The summed E-state index contributed by atoms with van der Waals surface area (Å²) in [4.78, 5) is 0. The molecule has 0 bridgehead atoms. The summed E-state index contributed by atoms with van der Waals surface area (Å²) in [6.45, 7) is 4.05. The Kier molecular flexibility index (Phi) is 1.49. The number of hydrogen-bond acceptors (Lipinski definition) is 5. The first kappa shape index (κ1) is 7.15. The number of rotatable bonds is 1. The lowest BCUT2D eigenvalue weighted by molar-refractivity contribution is 0.315. The normalized spacial score (nSPS) is 11.2. The molecule has 0 aliphatic rings. The van der Waals surface area contributed by atoms with Gasteiger partial charge in [-0.15, -0.1) is 0 Å². The Morgan fingerprint density at radius 1 is 1.33 bits per heavy atom. The van der Waals surface area contributed by atoms with Crippen molar-refractivity contribution in [3.8, 4) is 0 Å². The minimum atomic E-state index is 0.285. The average molecular weight is 164 g/mol. The van der Waals surface area contributed by atoms with Crippen LogP contribution in [0.15, 0.2) is 10.8 Å². The zero-order valence-electron chi connectivity index (χ0n) is 6.85. The Morgan fingerprint density at radius 2 is 2.17 bits per heavy atom. The summed E-state index contributed by atoms with van der Waals surface area (Å²) in [5.41, 5.74) is 2.20. The molecule has 5 nitrogen and oxygen atoms in total. The summed E-state index contributed by atoms with van der Waals surface area (Å²) in [5.74, 6) is 0.285. The lowest BCUT2D eigenvalue weighted by atomic mass is 10.1. The Bertz CT molecular complexity index is 395. The molecule has 0 aromatic carbocycles. The van der Waals surface area contributed by atoms with Crippen LogP contribution in [0.25, 0.3) is 11.0 Å². The van der Waals surface area contributed by atoms with Crippen molar-refractivity contribution >= 4 is 11.0 Å². The van der Waals surface area contributed by atoms with Crippen LogP contribution in [0.5, 0.6) is 0 Å². The smallest absolute Gasteiger partial charge is 0.160 e. The van der Waals surface area contributed by atoms with Gasteiger partial charge in [0.1, 0.15) is 0 Å². The van der Waals surface area contributed by atoms with Crippen LogP contribution in [0.4, 0.5) is 0 Å². The van der Waals surface area contributed by atoms with Crippen LogP contribution in [0.1, 0.15) is 25.5 Å². The molecule has 5 heteroatoms. The third kappa shape index (κ3) is 0.939. The van der Waals surface area contributed by atoms with E-state index in [4.69, 9.17) is 0 Å².